The Kier molecular flexibility index (Phi) is 5.02. The molecule has 2 atom stereocenters. The first kappa shape index (κ1) is 9.49. The molecule has 0 radical (unpaired) electrons. The second-order valence-electron chi connectivity index (χ2n) is 2.64. The van der Waals surface area contributed by atoms with Gasteiger partial charge in [0.15, 0.2) is 0 Å². The third kappa shape index (κ3) is 2.39. The number of nitriles is 1. The van der Waals surface area contributed by atoms with E-state index in [9.17, 15) is 0 Å². The Bertz CT molecular complexity index is 112. The third-order valence-electron chi connectivity index (χ3n) is 2.03. The molecule has 1 aliphatic carbocycles. The average Bonchev–Trinajstić information content (AvgIpc) is 2.39. The second kappa shape index (κ2) is 5.29. The largest absolute Gasteiger partial charge is 0.198 e. The van der Waals surface area contributed by atoms with Crippen molar-refractivity contribution in [2.45, 2.75) is 40.0 Å². The summed E-state index contributed by atoms with van der Waals surface area (Å²) in [4.78, 5) is 0. The van der Waals surface area contributed by atoms with Gasteiger partial charge in [0.05, 0.1) is 6.07 Å². The zero-order valence-electron chi connectivity index (χ0n) is 7.22. The van der Waals surface area contributed by atoms with Crippen LogP contribution in [0.25, 0.3) is 0 Å². The Balaban J connectivity index is 0.000000371. The third-order valence-corrected chi connectivity index (χ3v) is 2.03. The van der Waals surface area contributed by atoms with Crippen molar-refractivity contribution < 1.29 is 0 Å². The van der Waals surface area contributed by atoms with Crippen molar-refractivity contribution in [2.24, 2.45) is 11.8 Å². The van der Waals surface area contributed by atoms with Gasteiger partial charge in [0, 0.05) is 5.92 Å². The van der Waals surface area contributed by atoms with Crippen LogP contribution in [0.3, 0.4) is 0 Å². The highest BCUT2D eigenvalue weighted by molar-refractivity contribution is 4.90. The molecule has 0 aromatic heterocycles. The summed E-state index contributed by atoms with van der Waals surface area (Å²) in [7, 11) is 0. The SMILES string of the molecule is CC.C[C@H]1CCC[C@@H]1C#N. The average molecular weight is 139 g/mol. The maximum Gasteiger partial charge on any atom is 0.0658 e. The minimum Gasteiger partial charge on any atom is -0.198 e. The van der Waals surface area contributed by atoms with Crippen molar-refractivity contribution >= 4 is 0 Å². The zero-order valence-corrected chi connectivity index (χ0v) is 7.22. The minimum atomic E-state index is 0.370. The van der Waals surface area contributed by atoms with Crippen molar-refractivity contribution in [3.63, 3.8) is 0 Å². The summed E-state index contributed by atoms with van der Waals surface area (Å²) in [6.07, 6.45) is 3.66. The molecule has 0 N–H and O–H groups in total. The molecule has 0 aromatic carbocycles. The van der Waals surface area contributed by atoms with E-state index in [-0.39, 0.29) is 0 Å². The van der Waals surface area contributed by atoms with Gasteiger partial charge in [-0.15, -0.1) is 0 Å². The van der Waals surface area contributed by atoms with Gasteiger partial charge in [0.25, 0.3) is 0 Å². The molecule has 0 aromatic rings. The lowest BCUT2D eigenvalue weighted by Gasteiger charge is -2.02. The summed E-state index contributed by atoms with van der Waals surface area (Å²) in [5, 5.41) is 8.49. The number of hydrogen-bond donors (Lipinski definition) is 0. The molecule has 0 heterocycles. The maximum absolute atomic E-state index is 8.49. The zero-order chi connectivity index (χ0) is 7.98. The van der Waals surface area contributed by atoms with Crippen LogP contribution >= 0.6 is 0 Å². The van der Waals surface area contributed by atoms with E-state index in [1.807, 2.05) is 13.8 Å². The molecule has 1 fully saturated rings. The van der Waals surface area contributed by atoms with Crippen LogP contribution in [0.1, 0.15) is 40.0 Å². The minimum absolute atomic E-state index is 0.370. The van der Waals surface area contributed by atoms with Crippen molar-refractivity contribution in [3.05, 3.63) is 0 Å². The lowest BCUT2D eigenvalue weighted by molar-refractivity contribution is 0.514. The van der Waals surface area contributed by atoms with Crippen LogP contribution in [-0.4, -0.2) is 0 Å². The quantitative estimate of drug-likeness (QED) is 0.506. The molecule has 10 heavy (non-hydrogen) atoms. The standard InChI is InChI=1S/C7H11N.C2H6/c1-6-3-2-4-7(6)5-8;1-2/h6-7H,2-4H2,1H3;1-2H3/t6-,7+;/m0./s1. The molecule has 1 aliphatic rings. The van der Waals surface area contributed by atoms with Gasteiger partial charge in [-0.1, -0.05) is 27.2 Å². The van der Waals surface area contributed by atoms with Crippen LogP contribution in [0.2, 0.25) is 0 Å². The summed E-state index contributed by atoms with van der Waals surface area (Å²) in [6.45, 7) is 6.17. The highest BCUT2D eigenvalue weighted by Crippen LogP contribution is 2.29. The summed E-state index contributed by atoms with van der Waals surface area (Å²) in [5.74, 6) is 1.04. The maximum atomic E-state index is 8.49. The first-order chi connectivity index (χ1) is 4.84. The van der Waals surface area contributed by atoms with Crippen molar-refractivity contribution in [3.8, 4) is 6.07 Å². The van der Waals surface area contributed by atoms with E-state index in [0.29, 0.717) is 11.8 Å². The lowest BCUT2D eigenvalue weighted by atomic mass is 10.0. The molecule has 0 unspecified atom stereocenters. The van der Waals surface area contributed by atoms with Crippen LogP contribution in [0.4, 0.5) is 0 Å². The molecule has 0 bridgehead atoms. The van der Waals surface area contributed by atoms with Crippen molar-refractivity contribution in [1.82, 2.24) is 0 Å². The van der Waals surface area contributed by atoms with Gasteiger partial charge in [0.1, 0.15) is 0 Å². The summed E-state index contributed by atoms with van der Waals surface area (Å²) in [6, 6.07) is 2.31. The Labute approximate surface area is 64.1 Å². The molecule has 58 valence electrons. The predicted molar refractivity (Wildman–Crippen MR) is 43.5 cm³/mol. The molecule has 0 aliphatic heterocycles. The second-order valence-corrected chi connectivity index (χ2v) is 2.64. The fraction of sp³-hybridized carbons (Fsp3) is 0.889. The molecule has 1 saturated carbocycles. The summed E-state index contributed by atoms with van der Waals surface area (Å²) < 4.78 is 0. The van der Waals surface area contributed by atoms with Crippen LogP contribution in [-0.2, 0) is 0 Å². The van der Waals surface area contributed by atoms with E-state index in [2.05, 4.69) is 13.0 Å². The van der Waals surface area contributed by atoms with Crippen LogP contribution in [0.15, 0.2) is 0 Å². The normalized spacial score (nSPS) is 30.2. The highest BCUT2D eigenvalue weighted by atomic mass is 14.3. The first-order valence-electron chi connectivity index (χ1n) is 4.24. The Morgan fingerprint density at radius 1 is 1.30 bits per heavy atom. The molecule has 1 heteroatoms. The van der Waals surface area contributed by atoms with Gasteiger partial charge < -0.3 is 0 Å². The summed E-state index contributed by atoms with van der Waals surface area (Å²) in [5.41, 5.74) is 0. The first-order valence-corrected chi connectivity index (χ1v) is 4.24. The van der Waals surface area contributed by atoms with Crippen molar-refractivity contribution in [2.75, 3.05) is 0 Å². The highest BCUT2D eigenvalue weighted by Gasteiger charge is 2.21. The van der Waals surface area contributed by atoms with Crippen LogP contribution < -0.4 is 0 Å². The van der Waals surface area contributed by atoms with Crippen molar-refractivity contribution in [1.29, 1.82) is 5.26 Å². The fourth-order valence-electron chi connectivity index (χ4n) is 1.34. The van der Waals surface area contributed by atoms with E-state index in [4.69, 9.17) is 5.26 Å². The Hall–Kier alpha value is -0.510. The Morgan fingerprint density at radius 2 is 1.90 bits per heavy atom. The van der Waals surface area contributed by atoms with Gasteiger partial charge >= 0.3 is 0 Å². The molecular weight excluding hydrogens is 122 g/mol. The van der Waals surface area contributed by atoms with Gasteiger partial charge in [0.2, 0.25) is 0 Å². The predicted octanol–water partition coefficient (Wildman–Crippen LogP) is 2.97. The molecule has 0 spiro atoms. The van der Waals surface area contributed by atoms with Crippen LogP contribution in [0.5, 0.6) is 0 Å². The van der Waals surface area contributed by atoms with Crippen LogP contribution in [0, 0.1) is 23.2 Å². The lowest BCUT2D eigenvalue weighted by Crippen LogP contribution is -1.98. The molecule has 0 saturated heterocycles. The van der Waals surface area contributed by atoms with E-state index < -0.39 is 0 Å². The summed E-state index contributed by atoms with van der Waals surface area (Å²) >= 11 is 0. The van der Waals surface area contributed by atoms with Gasteiger partial charge in [-0.2, -0.15) is 5.26 Å². The van der Waals surface area contributed by atoms with E-state index in [1.165, 1.54) is 12.8 Å². The molecule has 0 amide bonds. The smallest absolute Gasteiger partial charge is 0.0658 e. The van der Waals surface area contributed by atoms with E-state index in [0.717, 1.165) is 6.42 Å². The molecule has 1 nitrogen and oxygen atoms in total. The fourth-order valence-corrected chi connectivity index (χ4v) is 1.34. The monoisotopic (exact) mass is 139 g/mol. The number of hydrogen-bond acceptors (Lipinski definition) is 1. The Morgan fingerprint density at radius 3 is 2.10 bits per heavy atom. The number of nitrogens with zero attached hydrogens (tertiary/aromatic N) is 1. The molecular formula is C9H17N. The topological polar surface area (TPSA) is 23.8 Å². The van der Waals surface area contributed by atoms with Gasteiger partial charge in [-0.05, 0) is 18.8 Å². The van der Waals surface area contributed by atoms with Gasteiger partial charge in [-0.3, -0.25) is 0 Å². The molecule has 1 rings (SSSR count). The van der Waals surface area contributed by atoms with Gasteiger partial charge in [-0.25, -0.2) is 0 Å². The van der Waals surface area contributed by atoms with E-state index >= 15 is 0 Å². The number of rotatable bonds is 0. The van der Waals surface area contributed by atoms with E-state index in [1.54, 1.807) is 0 Å².